The molecule has 1 rings (SSSR count). The summed E-state index contributed by atoms with van der Waals surface area (Å²) in [4.78, 5) is 22.9. The van der Waals surface area contributed by atoms with Crippen molar-refractivity contribution in [3.05, 3.63) is 35.9 Å². The van der Waals surface area contributed by atoms with Crippen molar-refractivity contribution < 1.29 is 9.59 Å². The molecule has 0 saturated heterocycles. The summed E-state index contributed by atoms with van der Waals surface area (Å²) in [5, 5.41) is 2.82. The molecule has 17 heavy (non-hydrogen) atoms. The van der Waals surface area contributed by atoms with Crippen molar-refractivity contribution in [3.8, 4) is 0 Å². The summed E-state index contributed by atoms with van der Waals surface area (Å²) >= 11 is 0. The molecule has 3 nitrogen and oxygen atoms in total. The van der Waals surface area contributed by atoms with Crippen LogP contribution >= 0.6 is 0 Å². The summed E-state index contributed by atoms with van der Waals surface area (Å²) in [6.45, 7) is 5.21. The Morgan fingerprint density at radius 2 is 1.76 bits per heavy atom. The molecular weight excluding hydrogens is 214 g/mol. The molecule has 92 valence electrons. The summed E-state index contributed by atoms with van der Waals surface area (Å²) in [5.41, 5.74) is 0.969. The van der Waals surface area contributed by atoms with Crippen LogP contribution in [0.25, 0.3) is 0 Å². The van der Waals surface area contributed by atoms with E-state index in [1.54, 1.807) is 0 Å². The SMILES string of the molecule is CC(=O)N[C@H](CC(=O)C(C)C)c1ccccc1. The highest BCUT2D eigenvalue weighted by Gasteiger charge is 2.18. The summed E-state index contributed by atoms with van der Waals surface area (Å²) in [7, 11) is 0. The van der Waals surface area contributed by atoms with Crippen LogP contribution in [0.4, 0.5) is 0 Å². The van der Waals surface area contributed by atoms with Crippen LogP contribution in [0.15, 0.2) is 30.3 Å². The molecule has 1 N–H and O–H groups in total. The van der Waals surface area contributed by atoms with Crippen molar-refractivity contribution in [3.63, 3.8) is 0 Å². The lowest BCUT2D eigenvalue weighted by Crippen LogP contribution is -2.29. The van der Waals surface area contributed by atoms with Gasteiger partial charge < -0.3 is 5.32 Å². The zero-order valence-corrected chi connectivity index (χ0v) is 10.6. The zero-order valence-electron chi connectivity index (χ0n) is 10.6. The van der Waals surface area contributed by atoms with Gasteiger partial charge in [0.1, 0.15) is 5.78 Å². The number of hydrogen-bond donors (Lipinski definition) is 1. The fraction of sp³-hybridized carbons (Fsp3) is 0.429. The van der Waals surface area contributed by atoms with Crippen LogP contribution in [0.5, 0.6) is 0 Å². The highest BCUT2D eigenvalue weighted by Crippen LogP contribution is 2.18. The summed E-state index contributed by atoms with van der Waals surface area (Å²) in [5.74, 6) is 0.0398. The second-order valence-electron chi connectivity index (χ2n) is 4.49. The Morgan fingerprint density at radius 1 is 1.18 bits per heavy atom. The van der Waals surface area contributed by atoms with Gasteiger partial charge in [-0.25, -0.2) is 0 Å². The van der Waals surface area contributed by atoms with E-state index in [2.05, 4.69) is 5.32 Å². The van der Waals surface area contributed by atoms with Gasteiger partial charge in [-0.15, -0.1) is 0 Å². The van der Waals surface area contributed by atoms with Crippen LogP contribution in [0.2, 0.25) is 0 Å². The summed E-state index contributed by atoms with van der Waals surface area (Å²) in [6.07, 6.45) is 0.348. The van der Waals surface area contributed by atoms with Crippen molar-refractivity contribution >= 4 is 11.7 Å². The molecule has 1 aromatic carbocycles. The van der Waals surface area contributed by atoms with E-state index in [4.69, 9.17) is 0 Å². The zero-order chi connectivity index (χ0) is 12.8. The molecule has 0 unspecified atom stereocenters. The standard InChI is InChI=1S/C14H19NO2/c1-10(2)14(17)9-13(15-11(3)16)12-7-5-4-6-8-12/h4-8,10,13H,9H2,1-3H3,(H,15,16)/t13-/m1/s1. The molecule has 1 amide bonds. The summed E-state index contributed by atoms with van der Waals surface area (Å²) < 4.78 is 0. The fourth-order valence-corrected chi connectivity index (χ4v) is 1.62. The van der Waals surface area contributed by atoms with Gasteiger partial charge in [0.05, 0.1) is 6.04 Å². The molecule has 0 saturated carbocycles. The normalized spacial score (nSPS) is 12.2. The topological polar surface area (TPSA) is 46.2 Å². The number of ketones is 1. The summed E-state index contributed by atoms with van der Waals surface area (Å²) in [6, 6.07) is 9.36. The molecule has 0 heterocycles. The average Bonchev–Trinajstić information content (AvgIpc) is 2.28. The highest BCUT2D eigenvalue weighted by atomic mass is 16.1. The fourth-order valence-electron chi connectivity index (χ4n) is 1.62. The Morgan fingerprint density at radius 3 is 2.24 bits per heavy atom. The van der Waals surface area contributed by atoms with Crippen molar-refractivity contribution in [2.24, 2.45) is 5.92 Å². The molecular formula is C14H19NO2. The smallest absolute Gasteiger partial charge is 0.217 e. The van der Waals surface area contributed by atoms with E-state index in [1.165, 1.54) is 6.92 Å². The van der Waals surface area contributed by atoms with E-state index in [-0.39, 0.29) is 23.7 Å². The Bertz CT molecular complexity index is 384. The third-order valence-electron chi connectivity index (χ3n) is 2.63. The predicted octanol–water partition coefficient (Wildman–Crippen LogP) is 2.48. The van der Waals surface area contributed by atoms with Crippen LogP contribution in [0.1, 0.15) is 38.8 Å². The van der Waals surface area contributed by atoms with E-state index in [1.807, 2.05) is 44.2 Å². The minimum atomic E-state index is -0.219. The van der Waals surface area contributed by atoms with Crippen LogP contribution in [0, 0.1) is 5.92 Å². The van der Waals surface area contributed by atoms with Crippen LogP contribution in [-0.4, -0.2) is 11.7 Å². The van der Waals surface area contributed by atoms with Gasteiger partial charge in [0.25, 0.3) is 0 Å². The first kappa shape index (κ1) is 13.4. The van der Waals surface area contributed by atoms with E-state index in [9.17, 15) is 9.59 Å². The molecule has 0 bridgehead atoms. The van der Waals surface area contributed by atoms with Gasteiger partial charge in [0.2, 0.25) is 5.91 Å². The monoisotopic (exact) mass is 233 g/mol. The number of carbonyl (C=O) groups is 2. The van der Waals surface area contributed by atoms with Crippen LogP contribution in [-0.2, 0) is 9.59 Å². The number of carbonyl (C=O) groups excluding carboxylic acids is 2. The third kappa shape index (κ3) is 4.39. The van der Waals surface area contributed by atoms with Crippen molar-refractivity contribution in [1.82, 2.24) is 5.32 Å². The van der Waals surface area contributed by atoms with Crippen molar-refractivity contribution in [2.45, 2.75) is 33.2 Å². The lowest BCUT2D eigenvalue weighted by atomic mass is 9.96. The van der Waals surface area contributed by atoms with Crippen LogP contribution in [0.3, 0.4) is 0 Å². The van der Waals surface area contributed by atoms with Gasteiger partial charge in [0.15, 0.2) is 0 Å². The predicted molar refractivity (Wildman–Crippen MR) is 67.5 cm³/mol. The molecule has 0 radical (unpaired) electrons. The van der Waals surface area contributed by atoms with Gasteiger partial charge in [-0.05, 0) is 5.56 Å². The number of Topliss-reactive ketones (excluding diaryl/α,β-unsaturated/α-hetero) is 1. The molecule has 0 aliphatic heterocycles. The number of amides is 1. The Labute approximate surface area is 102 Å². The number of benzene rings is 1. The third-order valence-corrected chi connectivity index (χ3v) is 2.63. The quantitative estimate of drug-likeness (QED) is 0.849. The van der Waals surface area contributed by atoms with Crippen LogP contribution < -0.4 is 5.32 Å². The van der Waals surface area contributed by atoms with Gasteiger partial charge in [-0.3, -0.25) is 9.59 Å². The van der Waals surface area contributed by atoms with Gasteiger partial charge in [-0.1, -0.05) is 44.2 Å². The molecule has 1 atom stereocenters. The van der Waals surface area contributed by atoms with Crippen molar-refractivity contribution in [2.75, 3.05) is 0 Å². The first-order valence-corrected chi connectivity index (χ1v) is 5.85. The number of nitrogens with one attached hydrogen (secondary N) is 1. The molecule has 0 fully saturated rings. The Balaban J connectivity index is 2.81. The molecule has 3 heteroatoms. The molecule has 0 aliphatic carbocycles. The van der Waals surface area contributed by atoms with Gasteiger partial charge in [-0.2, -0.15) is 0 Å². The number of hydrogen-bond acceptors (Lipinski definition) is 2. The largest absolute Gasteiger partial charge is 0.349 e. The minimum absolute atomic E-state index is 0.00466. The maximum atomic E-state index is 11.8. The second kappa shape index (κ2) is 6.18. The first-order chi connectivity index (χ1) is 8.00. The van der Waals surface area contributed by atoms with E-state index < -0.39 is 0 Å². The van der Waals surface area contributed by atoms with Gasteiger partial charge in [0, 0.05) is 19.3 Å². The lowest BCUT2D eigenvalue weighted by Gasteiger charge is -2.18. The second-order valence-corrected chi connectivity index (χ2v) is 4.49. The number of rotatable bonds is 5. The Kier molecular flexibility index (Phi) is 4.88. The van der Waals surface area contributed by atoms with Crippen molar-refractivity contribution in [1.29, 1.82) is 0 Å². The Hall–Kier alpha value is -1.64. The maximum Gasteiger partial charge on any atom is 0.217 e. The molecule has 0 aromatic heterocycles. The molecule has 1 aromatic rings. The van der Waals surface area contributed by atoms with E-state index in [0.29, 0.717) is 6.42 Å². The first-order valence-electron chi connectivity index (χ1n) is 5.85. The maximum absolute atomic E-state index is 11.8. The van der Waals surface area contributed by atoms with Gasteiger partial charge >= 0.3 is 0 Å². The molecule has 0 spiro atoms. The highest BCUT2D eigenvalue weighted by molar-refractivity contribution is 5.82. The molecule has 0 aliphatic rings. The lowest BCUT2D eigenvalue weighted by molar-refractivity contribution is -0.123. The average molecular weight is 233 g/mol. The minimum Gasteiger partial charge on any atom is -0.349 e. The van der Waals surface area contributed by atoms with E-state index >= 15 is 0 Å². The van der Waals surface area contributed by atoms with E-state index in [0.717, 1.165) is 5.56 Å².